The molecule has 5 N–H and O–H groups in total. The van der Waals surface area contributed by atoms with Gasteiger partial charge in [0.15, 0.2) is 0 Å². The van der Waals surface area contributed by atoms with E-state index in [-0.39, 0.29) is 41.4 Å². The number of nitrogens with zero attached hydrogens (tertiary/aromatic N) is 2. The molecule has 14 heteroatoms. The molecule has 1 aliphatic carbocycles. The third-order valence-corrected chi connectivity index (χ3v) is 9.52. The van der Waals surface area contributed by atoms with Gasteiger partial charge in [-0.1, -0.05) is 6.07 Å². The first-order valence-corrected chi connectivity index (χ1v) is 16.4. The van der Waals surface area contributed by atoms with Crippen molar-refractivity contribution in [1.29, 1.82) is 0 Å². The number of phenolic OH excluding ortho intramolecular Hbond substituents is 1. The summed E-state index contributed by atoms with van der Waals surface area (Å²) < 4.78 is 52.4. The zero-order valence-corrected chi connectivity index (χ0v) is 23.9. The Hall–Kier alpha value is -2.91. The van der Waals surface area contributed by atoms with Crippen LogP contribution in [-0.4, -0.2) is 87.5 Å². The van der Waals surface area contributed by atoms with E-state index in [1.165, 1.54) is 30.3 Å². The Bertz CT molecular complexity index is 1400. The van der Waals surface area contributed by atoms with Gasteiger partial charge in [0.1, 0.15) is 12.3 Å². The second-order valence-corrected chi connectivity index (χ2v) is 14.2. The van der Waals surface area contributed by atoms with Crippen LogP contribution in [0.3, 0.4) is 0 Å². The van der Waals surface area contributed by atoms with Crippen LogP contribution in [0.2, 0.25) is 0 Å². The molecule has 2 aromatic rings. The predicted octanol–water partition coefficient (Wildman–Crippen LogP) is 1.54. The summed E-state index contributed by atoms with van der Waals surface area (Å²) in [4.78, 5) is 13.5. The number of piperidine rings is 1. The highest BCUT2D eigenvalue weighted by molar-refractivity contribution is 7.92. The maximum Gasteiger partial charge on any atom is 0.318 e. The normalized spacial score (nSPS) is 17.6. The lowest BCUT2D eigenvalue weighted by Gasteiger charge is -2.34. The molecule has 2 fully saturated rings. The van der Waals surface area contributed by atoms with Crippen LogP contribution in [0.25, 0.3) is 0 Å². The van der Waals surface area contributed by atoms with Crippen LogP contribution >= 0.6 is 0 Å². The van der Waals surface area contributed by atoms with Crippen LogP contribution in [0.5, 0.6) is 5.75 Å². The Balaban J connectivity index is 1.29. The molecule has 0 unspecified atom stereocenters. The standard InChI is InChI=1S/C26H36N4O8S2/c1-39(35,36)28-23-14-19(4-9-24(23)31)25(32)15-27-20-10-12-29(13-11-20)21-5-7-22(8-6-21)40(37,38)30(17-26(33)34)16-18-2-3-18/h4-9,14,18,20,25,27-28,31-32H,2-3,10-13,15-17H2,1H3,(H,33,34)/t25-/m1/s1. The van der Waals surface area contributed by atoms with E-state index in [1.807, 2.05) is 0 Å². The molecule has 1 aliphatic heterocycles. The average molecular weight is 597 g/mol. The molecule has 12 nitrogen and oxygen atoms in total. The van der Waals surface area contributed by atoms with Crippen molar-refractivity contribution in [1.82, 2.24) is 9.62 Å². The number of hydrogen-bond donors (Lipinski definition) is 5. The van der Waals surface area contributed by atoms with Crippen molar-refractivity contribution in [3.05, 3.63) is 48.0 Å². The fourth-order valence-corrected chi connectivity index (χ4v) is 6.77. The number of phenols is 1. The topological polar surface area (TPSA) is 177 Å². The van der Waals surface area contributed by atoms with Gasteiger partial charge < -0.3 is 25.5 Å². The fraction of sp³-hybridized carbons (Fsp3) is 0.500. The number of nitrogens with one attached hydrogen (secondary N) is 2. The first-order chi connectivity index (χ1) is 18.8. The Morgan fingerprint density at radius 3 is 2.27 bits per heavy atom. The summed E-state index contributed by atoms with van der Waals surface area (Å²) in [7, 11) is -7.49. The summed E-state index contributed by atoms with van der Waals surface area (Å²) in [6.45, 7) is 1.34. The molecule has 0 spiro atoms. The zero-order chi connectivity index (χ0) is 29.1. The van der Waals surface area contributed by atoms with Crippen molar-refractivity contribution in [2.24, 2.45) is 5.92 Å². The van der Waals surface area contributed by atoms with Gasteiger partial charge in [-0.3, -0.25) is 9.52 Å². The molecule has 220 valence electrons. The lowest BCUT2D eigenvalue weighted by atomic mass is 10.0. The second-order valence-electron chi connectivity index (χ2n) is 10.5. The predicted molar refractivity (Wildman–Crippen MR) is 150 cm³/mol. The number of carboxylic acids is 1. The van der Waals surface area contributed by atoms with E-state index in [4.69, 9.17) is 0 Å². The quantitative estimate of drug-likeness (QED) is 0.213. The number of rotatable bonds is 13. The van der Waals surface area contributed by atoms with E-state index in [2.05, 4.69) is 14.9 Å². The van der Waals surface area contributed by atoms with Gasteiger partial charge in [-0.05, 0) is 73.6 Å². The third-order valence-electron chi connectivity index (χ3n) is 7.11. The van der Waals surface area contributed by atoms with E-state index in [0.29, 0.717) is 18.7 Å². The molecule has 0 aromatic heterocycles. The summed E-state index contributed by atoms with van der Waals surface area (Å²) in [6, 6.07) is 11.0. The van der Waals surface area contributed by atoms with Crippen LogP contribution in [0.1, 0.15) is 37.4 Å². The van der Waals surface area contributed by atoms with Gasteiger partial charge in [0.25, 0.3) is 0 Å². The second kappa shape index (κ2) is 12.3. The highest BCUT2D eigenvalue weighted by Gasteiger charge is 2.33. The Labute approximate surface area is 234 Å². The van der Waals surface area contributed by atoms with Crippen LogP contribution in [0, 0.1) is 5.92 Å². The number of aliphatic hydroxyl groups excluding tert-OH is 1. The highest BCUT2D eigenvalue weighted by Crippen LogP contribution is 2.32. The van der Waals surface area contributed by atoms with Gasteiger partial charge in [-0.15, -0.1) is 0 Å². The van der Waals surface area contributed by atoms with Crippen molar-refractivity contribution in [2.75, 3.05) is 48.6 Å². The SMILES string of the molecule is CS(=O)(=O)Nc1cc([C@H](O)CNC2CCN(c3ccc(S(=O)(=O)N(CC(=O)O)CC4CC4)cc3)CC2)ccc1O. The third kappa shape index (κ3) is 8.07. The number of aliphatic hydroxyl groups is 1. The molecule has 1 saturated heterocycles. The van der Waals surface area contributed by atoms with Gasteiger partial charge in [-0.25, -0.2) is 16.8 Å². The van der Waals surface area contributed by atoms with Gasteiger partial charge >= 0.3 is 5.97 Å². The molecule has 40 heavy (non-hydrogen) atoms. The number of aliphatic carboxylic acids is 1. The molecular formula is C26H36N4O8S2. The van der Waals surface area contributed by atoms with Gasteiger partial charge in [-0.2, -0.15) is 4.31 Å². The molecule has 1 atom stereocenters. The van der Waals surface area contributed by atoms with E-state index in [9.17, 15) is 36.9 Å². The van der Waals surface area contributed by atoms with Gasteiger partial charge in [0, 0.05) is 37.9 Å². The van der Waals surface area contributed by atoms with Crippen molar-refractivity contribution in [2.45, 2.75) is 42.7 Å². The number of hydrogen-bond acceptors (Lipinski definition) is 9. The lowest BCUT2D eigenvalue weighted by Crippen LogP contribution is -2.43. The molecule has 1 heterocycles. The summed E-state index contributed by atoms with van der Waals surface area (Å²) >= 11 is 0. The molecule has 2 aliphatic rings. The molecule has 2 aromatic carbocycles. The zero-order valence-electron chi connectivity index (χ0n) is 22.2. The average Bonchev–Trinajstić information content (AvgIpc) is 3.72. The largest absolute Gasteiger partial charge is 0.506 e. The Morgan fingerprint density at radius 2 is 1.70 bits per heavy atom. The van der Waals surface area contributed by atoms with Crippen LogP contribution < -0.4 is 14.9 Å². The smallest absolute Gasteiger partial charge is 0.318 e. The number of carbonyl (C=O) groups is 1. The van der Waals surface area contributed by atoms with Crippen LogP contribution in [0.4, 0.5) is 11.4 Å². The number of sulfonamides is 2. The first kappa shape index (κ1) is 30.1. The molecular weight excluding hydrogens is 560 g/mol. The summed E-state index contributed by atoms with van der Waals surface area (Å²) in [5.74, 6) is -1.19. The van der Waals surface area contributed by atoms with E-state index >= 15 is 0 Å². The molecule has 1 saturated carbocycles. The molecule has 4 rings (SSSR count). The van der Waals surface area contributed by atoms with E-state index < -0.39 is 38.7 Å². The van der Waals surface area contributed by atoms with Gasteiger partial charge in [0.2, 0.25) is 20.0 Å². The Kier molecular flexibility index (Phi) is 9.25. The minimum Gasteiger partial charge on any atom is -0.506 e. The van der Waals surface area contributed by atoms with Gasteiger partial charge in [0.05, 0.1) is 22.9 Å². The molecule has 0 radical (unpaired) electrons. The molecule has 0 bridgehead atoms. The number of anilines is 2. The maximum absolute atomic E-state index is 13.1. The van der Waals surface area contributed by atoms with Crippen molar-refractivity contribution in [3.8, 4) is 5.75 Å². The Morgan fingerprint density at radius 1 is 1.05 bits per heavy atom. The monoisotopic (exact) mass is 596 g/mol. The van der Waals surface area contributed by atoms with E-state index in [1.54, 1.807) is 12.1 Å². The van der Waals surface area contributed by atoms with E-state index in [0.717, 1.165) is 41.9 Å². The van der Waals surface area contributed by atoms with Crippen LogP contribution in [-0.2, 0) is 24.8 Å². The minimum absolute atomic E-state index is 0.00341. The number of carboxylic acid groups (broad SMARTS) is 1. The summed E-state index contributed by atoms with van der Waals surface area (Å²) in [5.41, 5.74) is 1.34. The minimum atomic E-state index is -3.91. The van der Waals surface area contributed by atoms with Crippen molar-refractivity contribution in [3.63, 3.8) is 0 Å². The molecule has 0 amide bonds. The van der Waals surface area contributed by atoms with Crippen LogP contribution in [0.15, 0.2) is 47.4 Å². The van der Waals surface area contributed by atoms with Crippen molar-refractivity contribution < 1.29 is 36.9 Å². The highest BCUT2D eigenvalue weighted by atomic mass is 32.2. The lowest BCUT2D eigenvalue weighted by molar-refractivity contribution is -0.137. The number of benzene rings is 2. The summed E-state index contributed by atoms with van der Waals surface area (Å²) in [5, 5.41) is 33.0. The first-order valence-electron chi connectivity index (χ1n) is 13.1. The fourth-order valence-electron chi connectivity index (χ4n) is 4.75. The summed E-state index contributed by atoms with van der Waals surface area (Å²) in [6.07, 6.45) is 3.47. The number of aromatic hydroxyl groups is 1. The maximum atomic E-state index is 13.1. The van der Waals surface area contributed by atoms with Crippen molar-refractivity contribution >= 4 is 37.4 Å².